The van der Waals surface area contributed by atoms with Crippen molar-refractivity contribution in [2.45, 2.75) is 36.6 Å². The summed E-state index contributed by atoms with van der Waals surface area (Å²) in [6.45, 7) is 3.52. The maximum Gasteiger partial charge on any atom is 0.243 e. The van der Waals surface area contributed by atoms with Gasteiger partial charge in [0.1, 0.15) is 0 Å². The fourth-order valence-corrected chi connectivity index (χ4v) is 4.18. The van der Waals surface area contributed by atoms with Gasteiger partial charge in [-0.05, 0) is 37.5 Å². The molecule has 0 saturated carbocycles. The highest BCUT2D eigenvalue weighted by molar-refractivity contribution is 7.89. The van der Waals surface area contributed by atoms with Crippen LogP contribution in [0.3, 0.4) is 0 Å². The second-order valence-corrected chi connectivity index (χ2v) is 7.07. The molecule has 0 radical (unpaired) electrons. The summed E-state index contributed by atoms with van der Waals surface area (Å²) in [5, 5.41) is 0. The maximum atomic E-state index is 12.6. The first kappa shape index (κ1) is 15.8. The van der Waals surface area contributed by atoms with Crippen molar-refractivity contribution in [3.05, 3.63) is 29.8 Å². The highest BCUT2D eigenvalue weighted by Gasteiger charge is 2.30. The van der Waals surface area contributed by atoms with E-state index in [2.05, 4.69) is 0 Å². The van der Waals surface area contributed by atoms with Crippen LogP contribution in [0.15, 0.2) is 29.2 Å². The highest BCUT2D eigenvalue weighted by atomic mass is 35.5. The van der Waals surface area contributed by atoms with E-state index in [4.69, 9.17) is 16.3 Å². The number of rotatable bonds is 5. The van der Waals surface area contributed by atoms with Gasteiger partial charge < -0.3 is 4.74 Å². The Morgan fingerprint density at radius 2 is 2.25 bits per heavy atom. The summed E-state index contributed by atoms with van der Waals surface area (Å²) in [6.07, 6.45) is 1.75. The summed E-state index contributed by atoms with van der Waals surface area (Å²) in [6, 6.07) is 6.82. The molecule has 1 aromatic rings. The minimum absolute atomic E-state index is 0.000246. The van der Waals surface area contributed by atoms with Crippen molar-refractivity contribution in [2.24, 2.45) is 0 Å². The Hall–Kier alpha value is -0.620. The Morgan fingerprint density at radius 1 is 1.45 bits per heavy atom. The average Bonchev–Trinajstić information content (AvgIpc) is 2.48. The zero-order valence-electron chi connectivity index (χ0n) is 11.6. The lowest BCUT2D eigenvalue weighted by molar-refractivity contribution is 0.0265. The van der Waals surface area contributed by atoms with Crippen molar-refractivity contribution in [3.63, 3.8) is 0 Å². The molecule has 20 heavy (non-hydrogen) atoms. The van der Waals surface area contributed by atoms with E-state index < -0.39 is 10.0 Å². The molecule has 1 aromatic carbocycles. The largest absolute Gasteiger partial charge is 0.377 e. The van der Waals surface area contributed by atoms with E-state index in [9.17, 15) is 8.42 Å². The lowest BCUT2D eigenvalue weighted by Gasteiger charge is -2.31. The van der Waals surface area contributed by atoms with Crippen molar-refractivity contribution >= 4 is 21.6 Å². The summed E-state index contributed by atoms with van der Waals surface area (Å²) < 4.78 is 32.3. The van der Waals surface area contributed by atoms with Gasteiger partial charge in [0.25, 0.3) is 0 Å². The first-order valence-corrected chi connectivity index (χ1v) is 8.82. The number of benzene rings is 1. The third kappa shape index (κ3) is 3.52. The van der Waals surface area contributed by atoms with Gasteiger partial charge in [-0.2, -0.15) is 4.31 Å². The van der Waals surface area contributed by atoms with Crippen molar-refractivity contribution in [1.82, 2.24) is 4.31 Å². The quantitative estimate of drug-likeness (QED) is 0.784. The van der Waals surface area contributed by atoms with Crippen LogP contribution in [0.1, 0.15) is 25.3 Å². The fraction of sp³-hybridized carbons (Fsp3) is 0.571. The molecular formula is C14H20ClNO3S. The van der Waals surface area contributed by atoms with Crippen LogP contribution in [-0.2, 0) is 20.6 Å². The molecular weight excluding hydrogens is 298 g/mol. The van der Waals surface area contributed by atoms with E-state index in [0.717, 1.165) is 18.4 Å². The van der Waals surface area contributed by atoms with Crippen LogP contribution in [-0.4, -0.2) is 38.5 Å². The SMILES string of the molecule is CCOC1CCCN(S(=O)(=O)c2cccc(CCl)c2)C1. The Balaban J connectivity index is 2.20. The number of ether oxygens (including phenoxy) is 1. The van der Waals surface area contributed by atoms with E-state index in [1.54, 1.807) is 18.2 Å². The fourth-order valence-electron chi connectivity index (χ4n) is 2.43. The minimum Gasteiger partial charge on any atom is -0.377 e. The molecule has 0 aromatic heterocycles. The van der Waals surface area contributed by atoms with Gasteiger partial charge in [-0.25, -0.2) is 8.42 Å². The number of halogens is 1. The number of sulfonamides is 1. The van der Waals surface area contributed by atoms with Gasteiger partial charge in [0, 0.05) is 25.6 Å². The number of alkyl halides is 1. The highest BCUT2D eigenvalue weighted by Crippen LogP contribution is 2.23. The Labute approximate surface area is 125 Å². The molecule has 112 valence electrons. The van der Waals surface area contributed by atoms with Crippen LogP contribution in [0.5, 0.6) is 0 Å². The predicted octanol–water partition coefficient (Wildman–Crippen LogP) is 2.62. The third-order valence-electron chi connectivity index (χ3n) is 3.43. The monoisotopic (exact) mass is 317 g/mol. The average molecular weight is 318 g/mol. The van der Waals surface area contributed by atoms with E-state index in [-0.39, 0.29) is 6.10 Å². The Bertz CT molecular complexity index is 545. The molecule has 1 aliphatic rings. The van der Waals surface area contributed by atoms with Gasteiger partial charge in [-0.1, -0.05) is 12.1 Å². The predicted molar refractivity (Wildman–Crippen MR) is 79.4 cm³/mol. The summed E-state index contributed by atoms with van der Waals surface area (Å²) in [5.41, 5.74) is 0.811. The molecule has 4 nitrogen and oxygen atoms in total. The smallest absolute Gasteiger partial charge is 0.243 e. The second kappa shape index (κ2) is 6.89. The van der Waals surface area contributed by atoms with Gasteiger partial charge in [0.2, 0.25) is 10.0 Å². The molecule has 1 aliphatic heterocycles. The number of hydrogen-bond donors (Lipinski definition) is 0. The molecule has 0 bridgehead atoms. The number of piperidine rings is 1. The molecule has 0 amide bonds. The van der Waals surface area contributed by atoms with Gasteiger partial charge in [0.05, 0.1) is 11.0 Å². The zero-order valence-corrected chi connectivity index (χ0v) is 13.2. The first-order chi connectivity index (χ1) is 9.57. The Kier molecular flexibility index (Phi) is 5.43. The van der Waals surface area contributed by atoms with Crippen molar-refractivity contribution in [1.29, 1.82) is 0 Å². The van der Waals surface area contributed by atoms with Gasteiger partial charge in [0.15, 0.2) is 0 Å². The van der Waals surface area contributed by atoms with Crippen LogP contribution >= 0.6 is 11.6 Å². The molecule has 1 heterocycles. The van der Waals surface area contributed by atoms with Crippen LogP contribution < -0.4 is 0 Å². The second-order valence-electron chi connectivity index (χ2n) is 4.86. The third-order valence-corrected chi connectivity index (χ3v) is 5.60. The maximum absolute atomic E-state index is 12.6. The van der Waals surface area contributed by atoms with E-state index >= 15 is 0 Å². The molecule has 6 heteroatoms. The molecule has 1 unspecified atom stereocenters. The summed E-state index contributed by atoms with van der Waals surface area (Å²) in [4.78, 5) is 0.313. The van der Waals surface area contributed by atoms with E-state index in [1.165, 1.54) is 4.31 Å². The number of nitrogens with zero attached hydrogens (tertiary/aromatic N) is 1. The molecule has 0 N–H and O–H groups in total. The molecule has 0 spiro atoms. The van der Waals surface area contributed by atoms with Gasteiger partial charge in [-0.15, -0.1) is 11.6 Å². The zero-order chi connectivity index (χ0) is 14.6. The normalized spacial score (nSPS) is 21.0. The minimum atomic E-state index is -3.45. The Morgan fingerprint density at radius 3 is 2.95 bits per heavy atom. The lowest BCUT2D eigenvalue weighted by atomic mass is 10.1. The molecule has 2 rings (SSSR count). The van der Waals surface area contributed by atoms with Crippen molar-refractivity contribution in [3.8, 4) is 0 Å². The van der Waals surface area contributed by atoms with E-state index in [1.807, 2.05) is 13.0 Å². The molecule has 1 saturated heterocycles. The molecule has 1 atom stereocenters. The van der Waals surface area contributed by atoms with Crippen LogP contribution in [0.2, 0.25) is 0 Å². The number of hydrogen-bond acceptors (Lipinski definition) is 3. The molecule has 1 fully saturated rings. The van der Waals surface area contributed by atoms with E-state index in [0.29, 0.717) is 30.5 Å². The van der Waals surface area contributed by atoms with Crippen LogP contribution in [0, 0.1) is 0 Å². The van der Waals surface area contributed by atoms with Crippen molar-refractivity contribution in [2.75, 3.05) is 19.7 Å². The van der Waals surface area contributed by atoms with Crippen molar-refractivity contribution < 1.29 is 13.2 Å². The van der Waals surface area contributed by atoms with Gasteiger partial charge >= 0.3 is 0 Å². The summed E-state index contributed by atoms with van der Waals surface area (Å²) in [5.74, 6) is 0.310. The van der Waals surface area contributed by atoms with Crippen LogP contribution in [0.4, 0.5) is 0 Å². The standard InChI is InChI=1S/C14H20ClNO3S/c1-2-19-13-6-4-8-16(11-13)20(17,18)14-7-3-5-12(9-14)10-15/h3,5,7,9,13H,2,4,6,8,10-11H2,1H3. The van der Waals surface area contributed by atoms with Crippen LogP contribution in [0.25, 0.3) is 0 Å². The topological polar surface area (TPSA) is 46.6 Å². The first-order valence-electron chi connectivity index (χ1n) is 6.84. The van der Waals surface area contributed by atoms with Gasteiger partial charge in [-0.3, -0.25) is 0 Å². The summed E-state index contributed by atoms with van der Waals surface area (Å²) in [7, 11) is -3.45. The molecule has 0 aliphatic carbocycles. The lowest BCUT2D eigenvalue weighted by Crippen LogP contribution is -2.43. The summed E-state index contributed by atoms with van der Waals surface area (Å²) >= 11 is 5.77.